The Hall–Kier alpha value is -4.40. The minimum absolute atomic E-state index is 0.0146. The highest BCUT2D eigenvalue weighted by Gasteiger charge is 2.52. The molecule has 8 rings (SSSR count). The molecule has 64 heavy (non-hydrogen) atoms. The van der Waals surface area contributed by atoms with Crippen LogP contribution in [0.3, 0.4) is 0 Å². The fourth-order valence-corrected chi connectivity index (χ4v) is 12.8. The van der Waals surface area contributed by atoms with E-state index in [9.17, 15) is 24.9 Å². The molecule has 0 aromatic heterocycles. The summed E-state index contributed by atoms with van der Waals surface area (Å²) >= 11 is 0. The smallest absolute Gasteiger partial charge is 0.160 e. The molecular formula is C54H72N4O6. The third kappa shape index (κ3) is 10.3. The highest BCUT2D eigenvalue weighted by Crippen LogP contribution is 2.57. The number of aliphatic hydroxyl groups is 2. The molecule has 4 aliphatic carbocycles. The van der Waals surface area contributed by atoms with E-state index in [2.05, 4.69) is 58.2 Å². The van der Waals surface area contributed by atoms with Crippen molar-refractivity contribution in [3.63, 3.8) is 0 Å². The van der Waals surface area contributed by atoms with Crippen LogP contribution in [0, 0.1) is 52.3 Å². The Morgan fingerprint density at radius 1 is 1.06 bits per heavy atom. The normalized spacial score (nSPS) is 32.7. The van der Waals surface area contributed by atoms with E-state index in [-0.39, 0.29) is 41.1 Å². The van der Waals surface area contributed by atoms with Gasteiger partial charge in [-0.25, -0.2) is 0 Å². The third-order valence-electron chi connectivity index (χ3n) is 16.3. The Morgan fingerprint density at radius 3 is 2.67 bits per heavy atom. The number of phenolic OH excluding ortho intramolecular Hbond substituents is 1. The van der Waals surface area contributed by atoms with E-state index in [1.165, 1.54) is 32.8 Å². The number of allylic oxidation sites excluding steroid dienone is 3. The van der Waals surface area contributed by atoms with Gasteiger partial charge in [0.05, 0.1) is 25.1 Å². The number of piperidine rings is 1. The fourth-order valence-electron chi connectivity index (χ4n) is 12.8. The van der Waals surface area contributed by atoms with Crippen molar-refractivity contribution in [2.75, 3.05) is 33.8 Å². The third-order valence-corrected chi connectivity index (χ3v) is 16.3. The molecule has 3 saturated carbocycles. The number of phenols is 1. The van der Waals surface area contributed by atoms with Crippen molar-refractivity contribution in [2.24, 2.45) is 46.2 Å². The van der Waals surface area contributed by atoms with Crippen LogP contribution in [0.4, 0.5) is 0 Å². The zero-order valence-corrected chi connectivity index (χ0v) is 38.1. The summed E-state index contributed by atoms with van der Waals surface area (Å²) < 4.78 is 5.53. The lowest BCUT2D eigenvalue weighted by molar-refractivity contribution is -0.135. The van der Waals surface area contributed by atoms with Gasteiger partial charge in [0.2, 0.25) is 0 Å². The number of dihydropyridines is 1. The van der Waals surface area contributed by atoms with Crippen molar-refractivity contribution in [3.8, 4) is 23.3 Å². The standard InChI is InChI=1S/C54H72N4O6/c1-56-33-37-16-20-53(32-37,43-25-42-11-14-45(60)29-47(42)58-34-43)31-36-17-21-54(51(63)24-36)22-18-38(46-30-48(61)49(64-2)27-41(46)12-15-50(54)62)10-13-44(59)26-39(40-19-23-57-52(55)28-40)9-8-35-6-4-3-5-7-35/h3-9,19,27-28,30,36-39,42-44,47,51,56-59,61,63H,10-17,20-21,23-26,29,31-34,55H2,1-2H3. The maximum Gasteiger partial charge on any atom is 0.160 e. The Bertz CT molecular complexity index is 2140. The molecule has 2 aromatic rings. The van der Waals surface area contributed by atoms with Crippen LogP contribution in [0.5, 0.6) is 11.5 Å². The topological polar surface area (TPSA) is 166 Å². The van der Waals surface area contributed by atoms with E-state index < -0.39 is 17.6 Å². The lowest BCUT2D eigenvalue weighted by atomic mass is 9.58. The molecule has 2 heterocycles. The second-order valence-electron chi connectivity index (χ2n) is 20.3. The van der Waals surface area contributed by atoms with Gasteiger partial charge < -0.3 is 41.7 Å². The van der Waals surface area contributed by atoms with Crippen LogP contribution in [0.15, 0.2) is 72.1 Å². The summed E-state index contributed by atoms with van der Waals surface area (Å²) in [7, 11) is 3.57. The zero-order valence-electron chi connectivity index (χ0n) is 38.1. The summed E-state index contributed by atoms with van der Waals surface area (Å²) in [6.07, 6.45) is 18.9. The highest BCUT2D eigenvalue weighted by molar-refractivity contribution is 5.89. The van der Waals surface area contributed by atoms with Crippen LogP contribution in [0.1, 0.15) is 119 Å². The molecule has 1 spiro atoms. The minimum atomic E-state index is -1.17. The SMILES string of the molecule is CNCC1CCC(CC2CCC3(C#CC(CCC(O)CC(C=Cc4ccccc4)C4=CCNC(N)=C4)c4cc(O)c(OC)cc4CCC3=O)C(O)C2)(C2CNC3CC(=O)CCC3C2)C1. The molecule has 10 heteroatoms. The molecule has 10 nitrogen and oxygen atoms in total. The molecule has 11 atom stereocenters. The van der Waals surface area contributed by atoms with E-state index in [4.69, 9.17) is 10.5 Å². The van der Waals surface area contributed by atoms with Gasteiger partial charge in [-0.15, -0.1) is 0 Å². The van der Waals surface area contributed by atoms with E-state index in [0.717, 1.165) is 54.6 Å². The highest BCUT2D eigenvalue weighted by atomic mass is 16.5. The largest absolute Gasteiger partial charge is 0.504 e. The van der Waals surface area contributed by atoms with E-state index >= 15 is 0 Å². The number of nitrogens with one attached hydrogen (secondary N) is 3. The van der Waals surface area contributed by atoms with Crippen molar-refractivity contribution in [3.05, 3.63) is 88.8 Å². The Labute approximate surface area is 381 Å². The molecule has 0 amide bonds. The van der Waals surface area contributed by atoms with Gasteiger partial charge in [-0.2, -0.15) is 0 Å². The number of aliphatic hydroxyl groups excluding tert-OH is 2. The fraction of sp³-hybridized carbons (Fsp3) is 0.593. The van der Waals surface area contributed by atoms with Crippen molar-refractivity contribution in [1.29, 1.82) is 0 Å². The molecule has 4 fully saturated rings. The molecule has 11 unspecified atom stereocenters. The Kier molecular flexibility index (Phi) is 14.7. The number of benzene rings is 2. The van der Waals surface area contributed by atoms with Gasteiger partial charge in [0.15, 0.2) is 17.3 Å². The van der Waals surface area contributed by atoms with Gasteiger partial charge in [-0.3, -0.25) is 9.59 Å². The van der Waals surface area contributed by atoms with Gasteiger partial charge in [0.1, 0.15) is 11.2 Å². The number of aryl methyl sites for hydroxylation is 1. The Balaban J connectivity index is 1.01. The molecule has 6 aliphatic rings. The zero-order chi connectivity index (χ0) is 44.8. The van der Waals surface area contributed by atoms with Crippen LogP contribution in [0.2, 0.25) is 0 Å². The number of aromatic hydroxyl groups is 1. The van der Waals surface area contributed by atoms with Crippen molar-refractivity contribution in [1.82, 2.24) is 16.0 Å². The summed E-state index contributed by atoms with van der Waals surface area (Å²) in [5, 5.41) is 45.6. The van der Waals surface area contributed by atoms with E-state index in [0.29, 0.717) is 99.1 Å². The second-order valence-corrected chi connectivity index (χ2v) is 20.3. The quantitative estimate of drug-likeness (QED) is 0.0976. The summed E-state index contributed by atoms with van der Waals surface area (Å²) in [5.41, 5.74) is 9.06. The van der Waals surface area contributed by atoms with Gasteiger partial charge in [0, 0.05) is 43.7 Å². The number of Topliss-reactive ketones (excluding diaryl/α,β-unsaturated/α-hetero) is 2. The summed E-state index contributed by atoms with van der Waals surface area (Å²) in [6.45, 7) is 2.59. The van der Waals surface area contributed by atoms with Gasteiger partial charge in [0.25, 0.3) is 0 Å². The molecule has 344 valence electrons. The lowest BCUT2D eigenvalue weighted by Gasteiger charge is -2.49. The number of carbonyl (C=O) groups is 2. The first kappa shape index (κ1) is 46.1. The average Bonchev–Trinajstić information content (AvgIpc) is 3.72. The van der Waals surface area contributed by atoms with Crippen LogP contribution < -0.4 is 26.4 Å². The number of rotatable bonds is 14. The van der Waals surface area contributed by atoms with Gasteiger partial charge in [-0.1, -0.05) is 60.4 Å². The number of ketones is 2. The molecular weight excluding hydrogens is 801 g/mol. The minimum Gasteiger partial charge on any atom is -0.504 e. The summed E-state index contributed by atoms with van der Waals surface area (Å²) in [4.78, 5) is 26.9. The van der Waals surface area contributed by atoms with Crippen molar-refractivity contribution >= 4 is 17.6 Å². The van der Waals surface area contributed by atoms with Crippen LogP contribution in [-0.2, 0) is 16.0 Å². The first-order chi connectivity index (χ1) is 31.0. The maximum atomic E-state index is 14.6. The maximum absolute atomic E-state index is 14.6. The number of hydrogen-bond acceptors (Lipinski definition) is 10. The Morgan fingerprint density at radius 2 is 1.89 bits per heavy atom. The number of hydrogen-bond donors (Lipinski definition) is 7. The first-order valence-electron chi connectivity index (χ1n) is 24.3. The monoisotopic (exact) mass is 873 g/mol. The van der Waals surface area contributed by atoms with Crippen LogP contribution >= 0.6 is 0 Å². The van der Waals surface area contributed by atoms with E-state index in [1.807, 2.05) is 37.4 Å². The number of carbonyl (C=O) groups excluding carboxylic acids is 2. The molecule has 0 bridgehead atoms. The first-order valence-corrected chi connectivity index (χ1v) is 24.3. The van der Waals surface area contributed by atoms with Crippen LogP contribution in [-0.4, -0.2) is 78.9 Å². The molecule has 0 radical (unpaired) electrons. The van der Waals surface area contributed by atoms with Gasteiger partial charge >= 0.3 is 0 Å². The number of fused-ring (bicyclic) bond motifs is 2. The number of nitrogens with two attached hydrogens (primary N) is 1. The van der Waals surface area contributed by atoms with Crippen molar-refractivity contribution < 1.29 is 29.6 Å². The predicted octanol–water partition coefficient (Wildman–Crippen LogP) is 7.08. The second kappa shape index (κ2) is 20.4. The van der Waals surface area contributed by atoms with Gasteiger partial charge in [-0.05, 0) is 173 Å². The lowest BCUT2D eigenvalue weighted by Crippen LogP contribution is -2.53. The van der Waals surface area contributed by atoms with Crippen LogP contribution in [0.25, 0.3) is 6.08 Å². The summed E-state index contributed by atoms with van der Waals surface area (Å²) in [5.74, 6) is 9.89. The number of methoxy groups -OCH3 is 1. The molecule has 8 N–H and O–H groups in total. The molecule has 2 aliphatic heterocycles. The summed E-state index contributed by atoms with van der Waals surface area (Å²) in [6, 6.07) is 14.0. The average molecular weight is 873 g/mol. The van der Waals surface area contributed by atoms with Crippen molar-refractivity contribution in [2.45, 2.75) is 127 Å². The predicted molar refractivity (Wildman–Crippen MR) is 252 cm³/mol. The molecule has 2 aromatic carbocycles. The molecule has 1 saturated heterocycles. The van der Waals surface area contributed by atoms with E-state index in [1.54, 1.807) is 6.07 Å². The number of ether oxygens (including phenoxy) is 1.